The summed E-state index contributed by atoms with van der Waals surface area (Å²) < 4.78 is 48.0. The minimum atomic E-state index is -3.95. The van der Waals surface area contributed by atoms with Gasteiger partial charge >= 0.3 is 10.2 Å². The Labute approximate surface area is 205 Å². The Balaban J connectivity index is 1.24. The summed E-state index contributed by atoms with van der Waals surface area (Å²) in [6.07, 6.45) is 3.38. The van der Waals surface area contributed by atoms with Crippen molar-refractivity contribution in [1.82, 2.24) is 13.9 Å². The molecule has 184 valence electrons. The van der Waals surface area contributed by atoms with Gasteiger partial charge in [-0.2, -0.15) is 12.7 Å². The number of amides is 1. The highest BCUT2D eigenvalue weighted by molar-refractivity contribution is 7.87. The van der Waals surface area contributed by atoms with E-state index < -0.39 is 21.9 Å². The largest absolute Gasteiger partial charge is 0.490 e. The van der Waals surface area contributed by atoms with Crippen LogP contribution in [0.15, 0.2) is 42.5 Å². The van der Waals surface area contributed by atoms with Gasteiger partial charge < -0.3 is 9.64 Å². The maximum atomic E-state index is 13.0. The Bertz CT molecular complexity index is 1110. The van der Waals surface area contributed by atoms with E-state index in [1.807, 2.05) is 25.1 Å². The number of carbonyl (C=O) groups is 1. The topological polar surface area (TPSA) is 79.0 Å². The highest BCUT2D eigenvalue weighted by atomic mass is 35.5. The van der Waals surface area contributed by atoms with Crippen LogP contribution in [0.2, 0.25) is 5.02 Å². The summed E-state index contributed by atoms with van der Waals surface area (Å²) in [6, 6.07) is 10.7. The first-order chi connectivity index (χ1) is 16.2. The quantitative estimate of drug-likeness (QED) is 0.641. The van der Waals surface area contributed by atoms with Crippen LogP contribution in [-0.4, -0.2) is 61.9 Å². The standard InChI is InChI=1S/C24H29ClFN3O4S/c1-17-16-19(25)4-7-23(17)33-22-10-12-28(13-11-22)21-8-14-29(15-9-21)34(31,32)27-24(30)18-2-5-20(26)6-3-18/h2-7,16,21-22H,8-15H2,1H3,(H,27,30). The van der Waals surface area contributed by atoms with Gasteiger partial charge in [-0.15, -0.1) is 0 Å². The van der Waals surface area contributed by atoms with Gasteiger partial charge in [-0.05, 0) is 80.6 Å². The molecule has 7 nitrogen and oxygen atoms in total. The molecule has 1 N–H and O–H groups in total. The fraction of sp³-hybridized carbons (Fsp3) is 0.458. The molecule has 1 amide bonds. The summed E-state index contributed by atoms with van der Waals surface area (Å²) in [5, 5.41) is 0.697. The number of halogens is 2. The van der Waals surface area contributed by atoms with Gasteiger partial charge in [0.15, 0.2) is 0 Å². The molecule has 2 fully saturated rings. The van der Waals surface area contributed by atoms with Crippen molar-refractivity contribution in [1.29, 1.82) is 0 Å². The van der Waals surface area contributed by atoms with Crippen molar-refractivity contribution in [3.8, 4) is 5.75 Å². The number of rotatable bonds is 6. The van der Waals surface area contributed by atoms with Gasteiger partial charge in [0.05, 0.1) is 0 Å². The number of aryl methyl sites for hydroxylation is 1. The minimum Gasteiger partial charge on any atom is -0.490 e. The zero-order chi connectivity index (χ0) is 24.3. The van der Waals surface area contributed by atoms with E-state index in [2.05, 4.69) is 9.62 Å². The van der Waals surface area contributed by atoms with Crippen molar-refractivity contribution in [3.05, 3.63) is 64.4 Å². The Morgan fingerprint density at radius 2 is 1.68 bits per heavy atom. The first kappa shape index (κ1) is 24.9. The van der Waals surface area contributed by atoms with Crippen molar-refractivity contribution in [2.75, 3.05) is 26.2 Å². The smallest absolute Gasteiger partial charge is 0.304 e. The SMILES string of the molecule is Cc1cc(Cl)ccc1OC1CCN(C2CCN(S(=O)(=O)NC(=O)c3ccc(F)cc3)CC2)CC1. The summed E-state index contributed by atoms with van der Waals surface area (Å²) in [5.74, 6) is -0.388. The number of piperidine rings is 2. The summed E-state index contributed by atoms with van der Waals surface area (Å²) >= 11 is 6.02. The predicted molar refractivity (Wildman–Crippen MR) is 129 cm³/mol. The van der Waals surface area contributed by atoms with Gasteiger partial charge in [-0.1, -0.05) is 11.6 Å². The summed E-state index contributed by atoms with van der Waals surface area (Å²) in [6.45, 7) is 4.47. The Morgan fingerprint density at radius 1 is 1.03 bits per heavy atom. The van der Waals surface area contributed by atoms with E-state index in [0.29, 0.717) is 37.0 Å². The lowest BCUT2D eigenvalue weighted by atomic mass is 10.00. The molecular weight excluding hydrogens is 481 g/mol. The predicted octanol–water partition coefficient (Wildman–Crippen LogP) is 3.77. The highest BCUT2D eigenvalue weighted by Crippen LogP contribution is 2.27. The molecule has 2 aliphatic rings. The molecule has 2 aliphatic heterocycles. The van der Waals surface area contributed by atoms with Crippen molar-refractivity contribution < 1.29 is 22.3 Å². The Hall–Kier alpha value is -2.20. The van der Waals surface area contributed by atoms with Crippen LogP contribution in [0.1, 0.15) is 41.6 Å². The minimum absolute atomic E-state index is 0.0961. The van der Waals surface area contributed by atoms with E-state index in [0.717, 1.165) is 49.4 Å². The molecule has 0 spiro atoms. The van der Waals surface area contributed by atoms with Crippen LogP contribution >= 0.6 is 11.6 Å². The first-order valence-corrected chi connectivity index (χ1v) is 13.3. The molecule has 2 heterocycles. The number of carbonyl (C=O) groups excluding carboxylic acids is 1. The maximum Gasteiger partial charge on any atom is 0.304 e. The van der Waals surface area contributed by atoms with E-state index in [1.54, 1.807) is 0 Å². The molecule has 0 aliphatic carbocycles. The molecule has 4 rings (SSSR count). The fourth-order valence-corrected chi connectivity index (χ4v) is 5.97. The molecule has 0 saturated carbocycles. The van der Waals surface area contributed by atoms with Crippen LogP contribution in [0.25, 0.3) is 0 Å². The zero-order valence-corrected chi connectivity index (χ0v) is 20.6. The average molecular weight is 510 g/mol. The van der Waals surface area contributed by atoms with E-state index >= 15 is 0 Å². The van der Waals surface area contributed by atoms with Crippen molar-refractivity contribution in [2.24, 2.45) is 0 Å². The van der Waals surface area contributed by atoms with E-state index in [9.17, 15) is 17.6 Å². The van der Waals surface area contributed by atoms with Gasteiger partial charge in [-0.25, -0.2) is 9.11 Å². The molecule has 0 bridgehead atoms. The van der Waals surface area contributed by atoms with E-state index in [-0.39, 0.29) is 11.7 Å². The Kier molecular flexibility index (Phi) is 7.77. The lowest BCUT2D eigenvalue weighted by Crippen LogP contribution is -2.52. The van der Waals surface area contributed by atoms with Crippen LogP contribution in [0.3, 0.4) is 0 Å². The summed E-state index contributed by atoms with van der Waals surface area (Å²) in [7, 11) is -3.95. The second-order valence-electron chi connectivity index (χ2n) is 8.84. The number of likely N-dealkylation sites (tertiary alicyclic amines) is 1. The molecule has 2 aromatic carbocycles. The molecule has 0 aromatic heterocycles. The lowest BCUT2D eigenvalue weighted by molar-refractivity contribution is 0.0581. The second kappa shape index (κ2) is 10.6. The number of nitrogens with zero attached hydrogens (tertiary/aromatic N) is 2. The molecular formula is C24H29ClFN3O4S. The average Bonchev–Trinajstić information content (AvgIpc) is 2.81. The van der Waals surface area contributed by atoms with Gasteiger partial charge in [0.25, 0.3) is 5.91 Å². The number of benzene rings is 2. The molecule has 0 radical (unpaired) electrons. The van der Waals surface area contributed by atoms with Crippen LogP contribution < -0.4 is 9.46 Å². The lowest BCUT2D eigenvalue weighted by Gasteiger charge is -2.41. The highest BCUT2D eigenvalue weighted by Gasteiger charge is 2.33. The number of hydrogen-bond donors (Lipinski definition) is 1. The third-order valence-corrected chi connectivity index (χ3v) is 8.24. The van der Waals surface area contributed by atoms with Gasteiger partial charge in [0.2, 0.25) is 0 Å². The molecule has 2 aromatic rings. The molecule has 34 heavy (non-hydrogen) atoms. The molecule has 0 unspecified atom stereocenters. The monoisotopic (exact) mass is 509 g/mol. The van der Waals surface area contributed by atoms with Crippen LogP contribution in [0.4, 0.5) is 4.39 Å². The molecule has 10 heteroatoms. The van der Waals surface area contributed by atoms with Crippen LogP contribution in [-0.2, 0) is 10.2 Å². The van der Waals surface area contributed by atoms with E-state index in [1.165, 1.54) is 16.4 Å². The Morgan fingerprint density at radius 3 is 2.29 bits per heavy atom. The van der Waals surface area contributed by atoms with Gasteiger partial charge in [0, 0.05) is 42.8 Å². The number of nitrogens with one attached hydrogen (secondary N) is 1. The molecule has 0 atom stereocenters. The number of ether oxygens (including phenoxy) is 1. The zero-order valence-electron chi connectivity index (χ0n) is 19.0. The fourth-order valence-electron chi connectivity index (χ4n) is 4.57. The van der Waals surface area contributed by atoms with E-state index in [4.69, 9.17) is 16.3 Å². The van der Waals surface area contributed by atoms with Gasteiger partial charge in [0.1, 0.15) is 17.7 Å². The first-order valence-electron chi connectivity index (χ1n) is 11.5. The van der Waals surface area contributed by atoms with Crippen LogP contribution in [0, 0.1) is 12.7 Å². The van der Waals surface area contributed by atoms with Crippen molar-refractivity contribution in [3.63, 3.8) is 0 Å². The number of hydrogen-bond acceptors (Lipinski definition) is 5. The summed E-state index contributed by atoms with van der Waals surface area (Å²) in [4.78, 5) is 14.7. The maximum absolute atomic E-state index is 13.0. The third-order valence-electron chi connectivity index (χ3n) is 6.52. The normalized spacial score (nSPS) is 19.1. The van der Waals surface area contributed by atoms with Gasteiger partial charge in [-0.3, -0.25) is 4.79 Å². The van der Waals surface area contributed by atoms with Crippen molar-refractivity contribution >= 4 is 27.7 Å². The second-order valence-corrected chi connectivity index (χ2v) is 10.9. The van der Waals surface area contributed by atoms with Crippen LogP contribution in [0.5, 0.6) is 5.75 Å². The summed E-state index contributed by atoms with van der Waals surface area (Å²) in [5.41, 5.74) is 1.12. The molecule has 2 saturated heterocycles. The third kappa shape index (κ3) is 6.07. The van der Waals surface area contributed by atoms with Crippen molar-refractivity contribution in [2.45, 2.75) is 44.8 Å².